The van der Waals surface area contributed by atoms with Crippen molar-refractivity contribution in [3.63, 3.8) is 0 Å². The van der Waals surface area contributed by atoms with Gasteiger partial charge in [-0.1, -0.05) is 482 Å². The van der Waals surface area contributed by atoms with Crippen LogP contribution < -0.4 is 5.32 Å². The van der Waals surface area contributed by atoms with Crippen LogP contribution in [-0.4, -0.2) is 47.4 Å². The smallest absolute Gasteiger partial charge is 0.305 e. The fourth-order valence-corrected chi connectivity index (χ4v) is 14.4. The summed E-state index contributed by atoms with van der Waals surface area (Å²) in [5.74, 6) is -0.0269. The number of carbonyl (C=O) groups is 2. The predicted octanol–water partition coefficient (Wildman–Crippen LogP) is 29.4. The van der Waals surface area contributed by atoms with Gasteiger partial charge in [0.1, 0.15) is 0 Å². The number of nitrogens with one attached hydrogen (secondary N) is 1. The van der Waals surface area contributed by atoms with E-state index < -0.39 is 12.1 Å². The SMILES string of the molecule is CCCCCCCCCCCCCCCCCCCCC/C=C/C(O)C(CO)NC(=O)CCCCCCCCCCCCCCCCCCCCCCCCCCCCCCCCCCCCCCCCCOC(=O)CCCCCCCCCCCCCCCCCCC. The molecule has 0 spiro atoms. The molecular formula is C88H173NO5. The summed E-state index contributed by atoms with van der Waals surface area (Å²) in [6.07, 6.45) is 108. The van der Waals surface area contributed by atoms with Crippen LogP contribution >= 0.6 is 0 Å². The molecule has 0 aliphatic heterocycles. The number of allylic oxidation sites excluding steroid dienone is 1. The van der Waals surface area contributed by atoms with Crippen molar-refractivity contribution in [3.05, 3.63) is 12.2 Å². The highest BCUT2D eigenvalue weighted by Gasteiger charge is 2.18. The second-order valence-corrected chi connectivity index (χ2v) is 30.6. The van der Waals surface area contributed by atoms with E-state index in [4.69, 9.17) is 4.74 Å². The van der Waals surface area contributed by atoms with E-state index in [2.05, 4.69) is 19.2 Å². The van der Waals surface area contributed by atoms with Crippen molar-refractivity contribution in [3.8, 4) is 0 Å². The lowest BCUT2D eigenvalue weighted by atomic mass is 10.0. The van der Waals surface area contributed by atoms with E-state index in [-0.39, 0.29) is 18.5 Å². The highest BCUT2D eigenvalue weighted by molar-refractivity contribution is 5.76. The summed E-state index contributed by atoms with van der Waals surface area (Å²) in [5, 5.41) is 23.3. The first-order chi connectivity index (χ1) is 46.5. The molecule has 0 saturated heterocycles. The van der Waals surface area contributed by atoms with Crippen molar-refractivity contribution < 1.29 is 24.5 Å². The fraction of sp³-hybridized carbons (Fsp3) is 0.955. The number of aliphatic hydroxyl groups is 2. The van der Waals surface area contributed by atoms with Crippen LogP contribution in [0.2, 0.25) is 0 Å². The number of hydrogen-bond donors (Lipinski definition) is 3. The molecule has 0 aromatic carbocycles. The molecule has 0 saturated carbocycles. The molecule has 2 atom stereocenters. The standard InChI is InChI=1S/C88H173NO5/c1-3-5-7-9-11-13-15-17-19-21-22-42-45-49-52-56-60-64-68-72-76-80-86(91)85(84-90)89-87(92)81-77-73-69-65-61-57-53-50-46-43-40-38-36-34-32-30-28-26-24-23-25-27-29-31-33-35-37-39-41-44-47-51-55-59-63-67-71-75-79-83-94-88(93)82-78-74-70-66-62-58-54-48-20-18-16-14-12-10-8-6-4-2/h76,80,85-86,90-91H,3-75,77-79,81-84H2,1-2H3,(H,89,92)/b80-76+. The van der Waals surface area contributed by atoms with Gasteiger partial charge in [-0.3, -0.25) is 9.59 Å². The number of rotatable bonds is 84. The van der Waals surface area contributed by atoms with Crippen molar-refractivity contribution in [1.29, 1.82) is 0 Å². The van der Waals surface area contributed by atoms with Crippen LogP contribution in [0.5, 0.6) is 0 Å². The molecule has 0 aliphatic carbocycles. The molecular weight excluding hydrogens is 1150 g/mol. The molecule has 0 aromatic heterocycles. The van der Waals surface area contributed by atoms with E-state index in [1.807, 2.05) is 6.08 Å². The monoisotopic (exact) mass is 1320 g/mol. The third kappa shape index (κ3) is 79.6. The lowest BCUT2D eigenvalue weighted by Gasteiger charge is -2.20. The van der Waals surface area contributed by atoms with Crippen molar-refractivity contribution in [2.45, 2.75) is 527 Å². The Hall–Kier alpha value is -1.40. The zero-order valence-corrected chi connectivity index (χ0v) is 64.5. The van der Waals surface area contributed by atoms with Crippen LogP contribution in [0.25, 0.3) is 0 Å². The molecule has 0 radical (unpaired) electrons. The minimum atomic E-state index is -0.841. The van der Waals surface area contributed by atoms with Gasteiger partial charge in [0.05, 0.1) is 25.4 Å². The van der Waals surface area contributed by atoms with Crippen LogP contribution in [0.15, 0.2) is 12.2 Å². The van der Waals surface area contributed by atoms with Gasteiger partial charge in [0.25, 0.3) is 0 Å². The Morgan fingerprint density at radius 3 is 0.723 bits per heavy atom. The number of amides is 1. The number of hydrogen-bond acceptors (Lipinski definition) is 5. The normalized spacial score (nSPS) is 12.4. The summed E-state index contributed by atoms with van der Waals surface area (Å²) in [7, 11) is 0. The predicted molar refractivity (Wildman–Crippen MR) is 417 cm³/mol. The molecule has 0 aromatic rings. The maximum Gasteiger partial charge on any atom is 0.305 e. The molecule has 0 rings (SSSR count). The first-order valence-corrected chi connectivity index (χ1v) is 44.0. The van der Waals surface area contributed by atoms with Gasteiger partial charge in [-0.15, -0.1) is 0 Å². The molecule has 94 heavy (non-hydrogen) atoms. The Morgan fingerprint density at radius 1 is 0.287 bits per heavy atom. The summed E-state index contributed by atoms with van der Waals surface area (Å²) in [4.78, 5) is 24.7. The van der Waals surface area contributed by atoms with Gasteiger partial charge < -0.3 is 20.3 Å². The number of esters is 1. The third-order valence-corrected chi connectivity index (χ3v) is 21.1. The first-order valence-electron chi connectivity index (χ1n) is 44.0. The van der Waals surface area contributed by atoms with Gasteiger partial charge in [-0.25, -0.2) is 0 Å². The highest BCUT2D eigenvalue weighted by Crippen LogP contribution is 2.21. The molecule has 0 bridgehead atoms. The van der Waals surface area contributed by atoms with Gasteiger partial charge in [0.2, 0.25) is 5.91 Å². The molecule has 2 unspecified atom stereocenters. The molecule has 0 fully saturated rings. The molecule has 0 aliphatic rings. The van der Waals surface area contributed by atoms with E-state index in [9.17, 15) is 19.8 Å². The van der Waals surface area contributed by atoms with E-state index in [0.29, 0.717) is 19.4 Å². The molecule has 1 amide bonds. The molecule has 560 valence electrons. The maximum atomic E-state index is 12.6. The van der Waals surface area contributed by atoms with Crippen LogP contribution in [0.3, 0.4) is 0 Å². The van der Waals surface area contributed by atoms with E-state index >= 15 is 0 Å². The molecule has 6 heteroatoms. The number of carbonyl (C=O) groups excluding carboxylic acids is 2. The zero-order valence-electron chi connectivity index (χ0n) is 64.5. The van der Waals surface area contributed by atoms with Crippen molar-refractivity contribution in [2.24, 2.45) is 0 Å². The molecule has 6 nitrogen and oxygen atoms in total. The van der Waals surface area contributed by atoms with Crippen LogP contribution in [0.4, 0.5) is 0 Å². The minimum Gasteiger partial charge on any atom is -0.466 e. The first kappa shape index (κ1) is 92.6. The van der Waals surface area contributed by atoms with E-state index in [1.54, 1.807) is 6.08 Å². The van der Waals surface area contributed by atoms with Crippen LogP contribution in [-0.2, 0) is 14.3 Å². The van der Waals surface area contributed by atoms with Gasteiger partial charge in [0.15, 0.2) is 0 Å². The fourth-order valence-electron chi connectivity index (χ4n) is 14.4. The van der Waals surface area contributed by atoms with E-state index in [0.717, 1.165) is 38.5 Å². The maximum absolute atomic E-state index is 12.6. The number of ether oxygens (including phenoxy) is 1. The Morgan fingerprint density at radius 2 is 0.489 bits per heavy atom. The largest absolute Gasteiger partial charge is 0.466 e. The Kier molecular flexibility index (Phi) is 82.8. The van der Waals surface area contributed by atoms with Crippen molar-refractivity contribution >= 4 is 11.9 Å². The quantitative estimate of drug-likeness (QED) is 0.0320. The topological polar surface area (TPSA) is 95.9 Å². The second-order valence-electron chi connectivity index (χ2n) is 30.6. The zero-order chi connectivity index (χ0) is 67.7. The third-order valence-electron chi connectivity index (χ3n) is 21.1. The lowest BCUT2D eigenvalue weighted by Crippen LogP contribution is -2.45. The Balaban J connectivity index is 3.30. The lowest BCUT2D eigenvalue weighted by molar-refractivity contribution is -0.143. The minimum absolute atomic E-state index is 0.0293. The van der Waals surface area contributed by atoms with Crippen LogP contribution in [0.1, 0.15) is 515 Å². The summed E-state index contributed by atoms with van der Waals surface area (Å²) in [6.45, 7) is 4.98. The molecule has 3 N–H and O–H groups in total. The molecule has 0 heterocycles. The summed E-state index contributed by atoms with van der Waals surface area (Å²) in [6, 6.07) is -0.624. The average Bonchev–Trinajstić information content (AvgIpc) is 3.74. The average molecular weight is 1330 g/mol. The van der Waals surface area contributed by atoms with E-state index in [1.165, 1.54) is 449 Å². The summed E-state index contributed by atoms with van der Waals surface area (Å²) < 4.78 is 5.52. The number of unbranched alkanes of at least 4 members (excludes halogenated alkanes) is 73. The number of aliphatic hydroxyl groups excluding tert-OH is 2. The second kappa shape index (κ2) is 84.0. The van der Waals surface area contributed by atoms with Gasteiger partial charge in [0, 0.05) is 12.8 Å². The van der Waals surface area contributed by atoms with Gasteiger partial charge in [-0.05, 0) is 32.1 Å². The van der Waals surface area contributed by atoms with Gasteiger partial charge >= 0.3 is 5.97 Å². The summed E-state index contributed by atoms with van der Waals surface area (Å²) in [5.41, 5.74) is 0. The Bertz CT molecular complexity index is 1430. The highest BCUT2D eigenvalue weighted by atomic mass is 16.5. The van der Waals surface area contributed by atoms with Crippen LogP contribution in [0, 0.1) is 0 Å². The summed E-state index contributed by atoms with van der Waals surface area (Å²) >= 11 is 0. The van der Waals surface area contributed by atoms with Gasteiger partial charge in [-0.2, -0.15) is 0 Å². The van der Waals surface area contributed by atoms with Crippen molar-refractivity contribution in [1.82, 2.24) is 5.32 Å². The Labute approximate surface area is 590 Å². The van der Waals surface area contributed by atoms with Crippen molar-refractivity contribution in [2.75, 3.05) is 13.2 Å².